The molecule has 2 rings (SSSR count). The number of carbonyl (C=O) groups excluding carboxylic acids is 1. The average Bonchev–Trinajstić information content (AvgIpc) is 2.61. The van der Waals surface area contributed by atoms with Gasteiger partial charge in [0.1, 0.15) is 0 Å². The summed E-state index contributed by atoms with van der Waals surface area (Å²) >= 11 is 0. The van der Waals surface area contributed by atoms with Crippen LogP contribution in [-0.4, -0.2) is 22.2 Å². The number of carbonyl (C=O) groups is 1. The summed E-state index contributed by atoms with van der Waals surface area (Å²) < 4.78 is 25.1. The first-order valence-corrected chi connectivity index (χ1v) is 19.6. The van der Waals surface area contributed by atoms with Crippen molar-refractivity contribution in [1.82, 2.24) is 5.32 Å². The Labute approximate surface area is 180 Å². The Morgan fingerprint density at radius 2 is 1.43 bits per heavy atom. The fourth-order valence-electron chi connectivity index (χ4n) is 2.37. The summed E-state index contributed by atoms with van der Waals surface area (Å²) in [5.74, 6) is -0.676. The van der Waals surface area contributed by atoms with Crippen molar-refractivity contribution in [2.24, 2.45) is 0 Å². The van der Waals surface area contributed by atoms with E-state index in [4.69, 9.17) is 39.1 Å². The van der Waals surface area contributed by atoms with Gasteiger partial charge in [0.2, 0.25) is 0 Å². The van der Waals surface area contributed by atoms with Crippen LogP contribution in [0.4, 0.5) is 0 Å². The van der Waals surface area contributed by atoms with Gasteiger partial charge in [-0.15, -0.1) is 0 Å². The van der Waals surface area contributed by atoms with Crippen molar-refractivity contribution in [3.8, 4) is 11.5 Å². The van der Waals surface area contributed by atoms with Gasteiger partial charge in [-0.05, 0) is 0 Å². The van der Waals surface area contributed by atoms with Gasteiger partial charge in [0.15, 0.2) is 0 Å². The zero-order valence-electron chi connectivity index (χ0n) is 15.3. The molecule has 10 heteroatoms. The summed E-state index contributed by atoms with van der Waals surface area (Å²) in [6.07, 6.45) is 0.146. The summed E-state index contributed by atoms with van der Waals surface area (Å²) in [4.78, 5) is 11.8. The first-order valence-electron chi connectivity index (χ1n) is 8.53. The SMILES string of the molecule is CC(=O)NC(C[CH](C)[Ge]([Cl])([Cl])[Cl])P(=O)(Oc1ccccc1)Oc1ccccc1. The van der Waals surface area contributed by atoms with Crippen molar-refractivity contribution in [3.05, 3.63) is 60.7 Å². The summed E-state index contributed by atoms with van der Waals surface area (Å²) in [7, 11) is 11.0. The molecule has 0 spiro atoms. The van der Waals surface area contributed by atoms with Crippen molar-refractivity contribution < 1.29 is 18.4 Å². The van der Waals surface area contributed by atoms with Crippen LogP contribution in [0.3, 0.4) is 0 Å². The van der Waals surface area contributed by atoms with Crippen LogP contribution in [0.5, 0.6) is 11.5 Å². The fourth-order valence-corrected chi connectivity index (χ4v) is 7.27. The average molecular weight is 525 g/mol. The first-order chi connectivity index (χ1) is 13.1. The van der Waals surface area contributed by atoms with Gasteiger partial charge in [-0.3, -0.25) is 0 Å². The van der Waals surface area contributed by atoms with Crippen LogP contribution < -0.4 is 14.4 Å². The van der Waals surface area contributed by atoms with Crippen molar-refractivity contribution in [1.29, 1.82) is 0 Å². The molecule has 0 aromatic heterocycles. The number of hydrogen-bond acceptors (Lipinski definition) is 4. The predicted molar refractivity (Wildman–Crippen MR) is 117 cm³/mol. The molecule has 0 saturated carbocycles. The van der Waals surface area contributed by atoms with E-state index < -0.39 is 23.9 Å². The molecule has 2 atom stereocenters. The van der Waals surface area contributed by atoms with Crippen LogP contribution in [-0.2, 0) is 9.36 Å². The third-order valence-corrected chi connectivity index (χ3v) is 14.5. The summed E-state index contributed by atoms with van der Waals surface area (Å²) in [5, 5.41) is 2.67. The van der Waals surface area contributed by atoms with Gasteiger partial charge in [0.25, 0.3) is 0 Å². The van der Waals surface area contributed by atoms with E-state index in [1.807, 2.05) is 0 Å². The molecule has 0 bridgehead atoms. The van der Waals surface area contributed by atoms with E-state index in [-0.39, 0.29) is 17.1 Å². The van der Waals surface area contributed by atoms with E-state index in [2.05, 4.69) is 5.32 Å². The van der Waals surface area contributed by atoms with Crippen molar-refractivity contribution in [3.63, 3.8) is 0 Å². The van der Waals surface area contributed by atoms with E-state index in [1.54, 1.807) is 67.6 Å². The number of para-hydroxylation sites is 2. The van der Waals surface area contributed by atoms with Crippen LogP contribution in [0.1, 0.15) is 20.3 Å². The summed E-state index contributed by atoms with van der Waals surface area (Å²) in [5.41, 5.74) is 0. The molecule has 152 valence electrons. The molecule has 0 fully saturated rings. The molecule has 0 aliphatic rings. The van der Waals surface area contributed by atoms with Crippen LogP contribution >= 0.6 is 37.6 Å². The van der Waals surface area contributed by atoms with Crippen LogP contribution in [0.25, 0.3) is 0 Å². The fraction of sp³-hybridized carbons (Fsp3) is 0.278. The summed E-state index contributed by atoms with van der Waals surface area (Å²) in [6, 6.07) is 17.2. The molecule has 0 heterocycles. The number of amides is 1. The topological polar surface area (TPSA) is 64.6 Å². The number of hydrogen-bond donors (Lipinski definition) is 1. The molecule has 2 aromatic carbocycles. The number of halogens is 3. The van der Waals surface area contributed by atoms with Crippen LogP contribution in [0.15, 0.2) is 60.7 Å². The molecular formula is C18H21Cl3GeNO4P. The van der Waals surface area contributed by atoms with Crippen molar-refractivity contribution >= 4 is 54.0 Å². The maximum atomic E-state index is 13.9. The number of rotatable bonds is 9. The zero-order chi connectivity index (χ0) is 20.8. The maximum absolute atomic E-state index is 13.9. The Balaban J connectivity index is 2.41. The first kappa shape index (κ1) is 23.4. The Bertz CT molecular complexity index is 775. The third-order valence-electron chi connectivity index (χ3n) is 3.84. The Morgan fingerprint density at radius 3 is 1.79 bits per heavy atom. The van der Waals surface area contributed by atoms with E-state index in [1.165, 1.54) is 6.92 Å². The van der Waals surface area contributed by atoms with E-state index >= 15 is 0 Å². The second-order valence-corrected chi connectivity index (χ2v) is 25.0. The molecule has 0 aliphatic carbocycles. The van der Waals surface area contributed by atoms with Gasteiger partial charge in [0, 0.05) is 0 Å². The van der Waals surface area contributed by atoms with Crippen molar-refractivity contribution in [2.45, 2.75) is 30.8 Å². The summed E-state index contributed by atoms with van der Waals surface area (Å²) in [6.45, 7) is 3.08. The van der Waals surface area contributed by atoms with Gasteiger partial charge in [-0.25, -0.2) is 0 Å². The second-order valence-electron chi connectivity index (χ2n) is 6.24. The number of nitrogens with one attached hydrogen (secondary N) is 1. The molecule has 2 unspecified atom stereocenters. The molecule has 1 amide bonds. The standard InChI is InChI=1S/C18H21Cl3GeNO4P/c1-14(22(19,20)21)13-18(23-15(2)24)28(25,26-16-9-5-3-6-10-16)27-17-11-7-4-8-12-17/h3-12,14,18H,13H2,1-2H3,(H,23,24). The van der Waals surface area contributed by atoms with E-state index in [0.717, 1.165) is 0 Å². The van der Waals surface area contributed by atoms with Crippen LogP contribution in [0.2, 0.25) is 4.75 Å². The van der Waals surface area contributed by atoms with E-state index in [0.29, 0.717) is 11.5 Å². The monoisotopic (exact) mass is 525 g/mol. The van der Waals surface area contributed by atoms with Crippen molar-refractivity contribution in [2.75, 3.05) is 0 Å². The molecule has 0 radical (unpaired) electrons. The van der Waals surface area contributed by atoms with Gasteiger partial charge in [-0.2, -0.15) is 0 Å². The van der Waals surface area contributed by atoms with E-state index in [9.17, 15) is 9.36 Å². The molecule has 0 saturated heterocycles. The molecule has 1 N–H and O–H groups in total. The Morgan fingerprint density at radius 1 is 1.00 bits per heavy atom. The zero-order valence-corrected chi connectivity index (χ0v) is 20.6. The van der Waals surface area contributed by atoms with Gasteiger partial charge in [0.05, 0.1) is 0 Å². The number of benzene rings is 2. The minimum atomic E-state index is -3.93. The molecular weight excluding hydrogens is 504 g/mol. The third kappa shape index (κ3) is 7.20. The Kier molecular flexibility index (Phi) is 8.59. The predicted octanol–water partition coefficient (Wildman–Crippen LogP) is 6.24. The Hall–Kier alpha value is -0.847. The normalized spacial score (nSPS) is 14.0. The van der Waals surface area contributed by atoms with Gasteiger partial charge in [-0.1, -0.05) is 0 Å². The van der Waals surface area contributed by atoms with Gasteiger partial charge >= 0.3 is 181 Å². The second kappa shape index (κ2) is 10.3. The van der Waals surface area contributed by atoms with Gasteiger partial charge < -0.3 is 0 Å². The molecule has 28 heavy (non-hydrogen) atoms. The quantitative estimate of drug-likeness (QED) is 0.311. The molecule has 0 aliphatic heterocycles. The van der Waals surface area contributed by atoms with Crippen LogP contribution in [0, 0.1) is 0 Å². The molecule has 2 aromatic rings. The molecule has 5 nitrogen and oxygen atoms in total. The minimum absolute atomic E-state index is 0.146.